The van der Waals surface area contributed by atoms with Crippen LogP contribution in [0.4, 0.5) is 16.7 Å². The first-order valence-electron chi connectivity index (χ1n) is 18.6. The number of aromatic nitrogens is 7. The zero-order valence-corrected chi connectivity index (χ0v) is 32.7. The summed E-state index contributed by atoms with van der Waals surface area (Å²) in [7, 11) is 0. The third kappa shape index (κ3) is 17.8. The van der Waals surface area contributed by atoms with Gasteiger partial charge in [-0.15, -0.1) is 29.8 Å². The molecule has 2 aliphatic rings. The topological polar surface area (TPSA) is 238 Å². The Balaban J connectivity index is 0.000000292. The van der Waals surface area contributed by atoms with E-state index in [2.05, 4.69) is 41.2 Å². The Bertz CT molecular complexity index is 1680. The number of hydrogen-bond acceptors (Lipinski definition) is 11. The number of ether oxygens (including phenoxy) is 1. The van der Waals surface area contributed by atoms with Crippen molar-refractivity contribution in [2.75, 3.05) is 18.0 Å². The van der Waals surface area contributed by atoms with Crippen molar-refractivity contribution < 1.29 is 19.1 Å². The summed E-state index contributed by atoms with van der Waals surface area (Å²) in [6.07, 6.45) is 25.8. The lowest BCUT2D eigenvalue weighted by molar-refractivity contribution is -0.121. The van der Waals surface area contributed by atoms with Crippen molar-refractivity contribution >= 4 is 42.0 Å². The van der Waals surface area contributed by atoms with Gasteiger partial charge in [-0.2, -0.15) is 0 Å². The van der Waals surface area contributed by atoms with E-state index in [1.807, 2.05) is 6.20 Å². The van der Waals surface area contributed by atoms with Crippen LogP contribution in [0.1, 0.15) is 121 Å². The molecule has 2 saturated carbocycles. The molecule has 54 heavy (non-hydrogen) atoms. The van der Waals surface area contributed by atoms with Gasteiger partial charge in [0.1, 0.15) is 17.9 Å². The van der Waals surface area contributed by atoms with Crippen LogP contribution >= 0.6 is 12.4 Å². The summed E-state index contributed by atoms with van der Waals surface area (Å²) in [5.41, 5.74) is 21.3. The number of carbonyl (C=O) groups is 3. The van der Waals surface area contributed by atoms with Crippen LogP contribution in [0.2, 0.25) is 0 Å². The molecule has 3 aromatic rings. The Kier molecular flexibility index (Phi) is 19.9. The fourth-order valence-corrected chi connectivity index (χ4v) is 6.38. The van der Waals surface area contributed by atoms with Crippen LogP contribution in [0, 0.1) is 24.2 Å². The highest BCUT2D eigenvalue weighted by Gasteiger charge is 2.21. The number of imidazole rings is 2. The molecule has 5 N–H and O–H groups in total. The van der Waals surface area contributed by atoms with Crippen LogP contribution in [0.15, 0.2) is 23.7 Å². The Morgan fingerprint density at radius 3 is 2.20 bits per heavy atom. The highest BCUT2D eigenvalue weighted by molar-refractivity contribution is 5.85. The van der Waals surface area contributed by atoms with E-state index in [9.17, 15) is 14.4 Å². The Hall–Kier alpha value is -4.87. The summed E-state index contributed by atoms with van der Waals surface area (Å²) in [6.45, 7) is 5.77. The molecule has 16 nitrogen and oxygen atoms in total. The second-order valence-corrected chi connectivity index (χ2v) is 14.7. The summed E-state index contributed by atoms with van der Waals surface area (Å²) < 4.78 is 8.10. The average Bonchev–Trinajstić information content (AvgIpc) is 3.94. The number of nitrogen functional groups attached to an aromatic ring is 2. The lowest BCUT2D eigenvalue weighted by Gasteiger charge is -2.19. The summed E-state index contributed by atoms with van der Waals surface area (Å²) in [5, 5.41) is 11.5. The van der Waals surface area contributed by atoms with Crippen LogP contribution in [-0.2, 0) is 40.1 Å². The number of hydrogen-bond donors (Lipinski definition) is 3. The summed E-state index contributed by atoms with van der Waals surface area (Å²) >= 11 is 0. The average molecular weight is 769 g/mol. The molecule has 2 aliphatic carbocycles. The number of nitrogens with two attached hydrogens (primary N) is 2. The Morgan fingerprint density at radius 2 is 1.63 bits per heavy atom. The zero-order valence-electron chi connectivity index (χ0n) is 31.9. The van der Waals surface area contributed by atoms with Crippen molar-refractivity contribution in [3.05, 3.63) is 46.1 Å². The van der Waals surface area contributed by atoms with Gasteiger partial charge < -0.3 is 21.2 Å². The van der Waals surface area contributed by atoms with Gasteiger partial charge in [-0.1, -0.05) is 61.7 Å². The molecule has 296 valence electrons. The number of H-pyrrole nitrogens is 1. The molecule has 0 aliphatic heterocycles. The van der Waals surface area contributed by atoms with Gasteiger partial charge in [0.25, 0.3) is 0 Å². The Morgan fingerprint density at radius 1 is 1.00 bits per heavy atom. The molecule has 0 unspecified atom stereocenters. The number of rotatable bonds is 15. The van der Waals surface area contributed by atoms with Crippen molar-refractivity contribution in [1.82, 2.24) is 34.5 Å². The number of anilines is 2. The zero-order chi connectivity index (χ0) is 38.6. The van der Waals surface area contributed by atoms with Gasteiger partial charge in [0.2, 0.25) is 5.95 Å². The van der Waals surface area contributed by atoms with Gasteiger partial charge >= 0.3 is 6.09 Å². The van der Waals surface area contributed by atoms with Gasteiger partial charge in [-0.3, -0.25) is 9.59 Å². The first-order valence-corrected chi connectivity index (χ1v) is 18.6. The van der Waals surface area contributed by atoms with Crippen LogP contribution in [0.25, 0.3) is 10.4 Å². The molecule has 0 spiro atoms. The quantitative estimate of drug-likeness (QED) is 0.0471. The molecular formula is C37H57ClN12O4. The fraction of sp³-hybridized carbons (Fsp3) is 0.649. The Labute approximate surface area is 324 Å². The lowest BCUT2D eigenvalue weighted by Crippen LogP contribution is -2.27. The first-order chi connectivity index (χ1) is 25.3. The van der Waals surface area contributed by atoms with E-state index in [4.69, 9.17) is 28.2 Å². The van der Waals surface area contributed by atoms with Gasteiger partial charge in [0.05, 0.1) is 24.1 Å². The predicted octanol–water partition coefficient (Wildman–Crippen LogP) is 6.98. The maximum absolute atomic E-state index is 12.1. The van der Waals surface area contributed by atoms with E-state index in [1.165, 1.54) is 55.9 Å². The minimum absolute atomic E-state index is 0. The van der Waals surface area contributed by atoms with Gasteiger partial charge in [-0.05, 0) is 70.2 Å². The number of ketones is 2. The van der Waals surface area contributed by atoms with Crippen LogP contribution < -0.4 is 11.5 Å². The van der Waals surface area contributed by atoms with Crippen molar-refractivity contribution in [2.24, 2.45) is 17.0 Å². The van der Waals surface area contributed by atoms with Crippen molar-refractivity contribution in [3.63, 3.8) is 0 Å². The molecular weight excluding hydrogens is 712 g/mol. The number of Topliss-reactive ketones (excluding diaryl/α,β-unsaturated/α-hetero) is 2. The van der Waals surface area contributed by atoms with Crippen LogP contribution in [0.3, 0.4) is 0 Å². The molecule has 0 radical (unpaired) electrons. The summed E-state index contributed by atoms with van der Waals surface area (Å²) in [6, 6.07) is 0. The minimum atomic E-state index is -0.558. The lowest BCUT2D eigenvalue weighted by atomic mass is 10.0. The van der Waals surface area contributed by atoms with Crippen LogP contribution in [-0.4, -0.2) is 64.3 Å². The number of nitrogens with one attached hydrogen (secondary N) is 1. The molecule has 3 aromatic heterocycles. The molecule has 5 rings (SSSR count). The first kappa shape index (κ1) is 45.3. The summed E-state index contributed by atoms with van der Waals surface area (Å²) in [4.78, 5) is 48.6. The molecule has 0 aromatic carbocycles. The van der Waals surface area contributed by atoms with E-state index in [-0.39, 0.29) is 36.5 Å². The van der Waals surface area contributed by atoms with Crippen molar-refractivity contribution in [3.8, 4) is 12.3 Å². The van der Waals surface area contributed by atoms with E-state index in [0.717, 1.165) is 42.8 Å². The van der Waals surface area contributed by atoms with E-state index >= 15 is 0 Å². The number of aromatic amines is 1. The fourth-order valence-electron chi connectivity index (χ4n) is 6.38. The van der Waals surface area contributed by atoms with E-state index in [0.29, 0.717) is 50.0 Å². The number of halogens is 1. The molecule has 0 amide bonds. The number of aryl methyl sites for hydroxylation is 3. The SMILES string of the molecule is C#CCCCc1cn(C(=O)OC(C)(C)C)c(N)n1.Cl.Nc1ncc(CCCc2cn(CC(=O)CC3CCCC3)nn2)[nH]1.[N-]=[N+]=NCC(=O)CC1CCCC1. The van der Waals surface area contributed by atoms with E-state index < -0.39 is 11.7 Å². The van der Waals surface area contributed by atoms with E-state index in [1.54, 1.807) is 37.8 Å². The highest BCUT2D eigenvalue weighted by atomic mass is 35.5. The highest BCUT2D eigenvalue weighted by Crippen LogP contribution is 2.28. The standard InChI is InChI=1S/C16H24N6O.C13H19N3O2.C8H13N3O.ClH/c17-16-18-9-13(19-16)6-3-7-14-10-22(21-20-14)11-15(23)8-12-4-1-2-5-12;1-5-6-7-8-10-9-16(11(14)15-10)12(17)18-13(2,3)4;9-11-10-6-8(12)5-7-3-1-2-4-7;/h9-10,12H,1-8,11H2,(H3,17,18,19);1,9H,6-8H2,2-4H3,(H2,14,15);7H,1-6H2;1H. The maximum Gasteiger partial charge on any atom is 0.421 e. The monoisotopic (exact) mass is 768 g/mol. The number of terminal acetylenes is 1. The van der Waals surface area contributed by atoms with Crippen molar-refractivity contribution in [1.29, 1.82) is 0 Å². The third-order valence-corrected chi connectivity index (χ3v) is 8.87. The number of unbranched alkanes of at least 4 members (excludes halogenated alkanes) is 1. The number of nitrogens with zero attached hydrogens (tertiary/aromatic N) is 9. The number of carbonyl (C=O) groups excluding carboxylic acids is 3. The van der Waals surface area contributed by atoms with Crippen molar-refractivity contribution in [2.45, 2.75) is 136 Å². The molecule has 2 fully saturated rings. The normalized spacial score (nSPS) is 14.0. The number of azide groups is 1. The molecule has 0 saturated heterocycles. The van der Waals surface area contributed by atoms with Gasteiger partial charge in [0.15, 0.2) is 11.7 Å². The molecule has 17 heteroatoms. The molecule has 0 atom stereocenters. The minimum Gasteiger partial charge on any atom is -0.443 e. The molecule has 0 bridgehead atoms. The maximum atomic E-state index is 12.1. The van der Waals surface area contributed by atoms with Gasteiger partial charge in [0, 0.05) is 42.3 Å². The second-order valence-electron chi connectivity index (χ2n) is 14.7. The van der Waals surface area contributed by atoms with Gasteiger partial charge in [-0.25, -0.2) is 24.0 Å². The largest absolute Gasteiger partial charge is 0.443 e. The predicted molar refractivity (Wildman–Crippen MR) is 210 cm³/mol. The molecule has 3 heterocycles. The smallest absolute Gasteiger partial charge is 0.421 e. The van der Waals surface area contributed by atoms with Crippen LogP contribution in [0.5, 0.6) is 0 Å². The summed E-state index contributed by atoms with van der Waals surface area (Å²) in [5.74, 6) is 4.64. The second kappa shape index (κ2) is 23.7. The third-order valence-electron chi connectivity index (χ3n) is 8.87.